The lowest BCUT2D eigenvalue weighted by Crippen LogP contribution is -1.89. The summed E-state index contributed by atoms with van der Waals surface area (Å²) in [5, 5.41) is 0. The van der Waals surface area contributed by atoms with Gasteiger partial charge in [0.15, 0.2) is 17.4 Å². The molecule has 0 aliphatic carbocycles. The monoisotopic (exact) mass is 180 g/mol. The Morgan fingerprint density at radius 2 is 1.12 bits per heavy atom. The first-order valence-corrected chi connectivity index (χ1v) is 2.10. The summed E-state index contributed by atoms with van der Waals surface area (Å²) < 4.78 is 31.6. The van der Waals surface area contributed by atoms with E-state index in [9.17, 15) is 0 Å². The second-order valence-corrected chi connectivity index (χ2v) is 1.34. The van der Waals surface area contributed by atoms with Gasteiger partial charge >= 0.3 is 10.4 Å². The summed E-state index contributed by atoms with van der Waals surface area (Å²) in [5.41, 5.74) is 0. The number of hydrogen-bond acceptors (Lipinski definition) is 2. The van der Waals surface area contributed by atoms with Gasteiger partial charge in [-0.2, -0.15) is 21.9 Å². The molecule has 0 aromatic carbocycles. The molecule has 5 nitrogen and oxygen atoms in total. The van der Waals surface area contributed by atoms with Gasteiger partial charge < -0.3 is 5.48 Å². The molecule has 0 fully saturated rings. The average molecular weight is 180 g/mol. The van der Waals surface area contributed by atoms with Crippen molar-refractivity contribution in [3.8, 4) is 0 Å². The molecule has 0 heterocycles. The Morgan fingerprint density at radius 3 is 1.12 bits per heavy atom. The van der Waals surface area contributed by atoms with E-state index < -0.39 is 10.4 Å². The molecule has 0 aromatic rings. The molecule has 0 aliphatic heterocycles. The SMILES string of the molecule is O.O=S(=O)(O)O.S.[AlH3]. The first kappa shape index (κ1) is 23.3. The predicted molar refractivity (Wildman–Crippen MR) is 38.1 cm³/mol. The zero-order valence-electron chi connectivity index (χ0n) is 3.12. The lowest BCUT2D eigenvalue weighted by Gasteiger charge is -1.68. The minimum atomic E-state index is -4.67. The van der Waals surface area contributed by atoms with E-state index in [0.29, 0.717) is 0 Å². The van der Waals surface area contributed by atoms with Gasteiger partial charge in [0.25, 0.3) is 0 Å². The molecule has 0 saturated carbocycles. The smallest absolute Gasteiger partial charge is 0.394 e. The Labute approximate surface area is 64.6 Å². The lowest BCUT2D eigenvalue weighted by atomic mass is 15.8. The maximum atomic E-state index is 8.74. The molecule has 0 spiro atoms. The van der Waals surface area contributed by atoms with Crippen LogP contribution in [0.2, 0.25) is 0 Å². The highest BCUT2D eigenvalue weighted by molar-refractivity contribution is 7.79. The predicted octanol–water partition coefficient (Wildman–Crippen LogP) is -2.55. The summed E-state index contributed by atoms with van der Waals surface area (Å²) in [4.78, 5) is 0. The minimum absolute atomic E-state index is 0. The van der Waals surface area contributed by atoms with E-state index in [1.54, 1.807) is 0 Å². The second kappa shape index (κ2) is 7.71. The molecular formula is H9AlO5S2. The largest absolute Gasteiger partial charge is 0.412 e. The molecule has 0 atom stereocenters. The zero-order chi connectivity index (χ0) is 4.50. The van der Waals surface area contributed by atoms with Gasteiger partial charge in [0.2, 0.25) is 0 Å². The van der Waals surface area contributed by atoms with E-state index in [1.165, 1.54) is 0 Å². The van der Waals surface area contributed by atoms with Crippen molar-refractivity contribution in [2.75, 3.05) is 0 Å². The second-order valence-electron chi connectivity index (χ2n) is 0.448. The van der Waals surface area contributed by atoms with Crippen molar-refractivity contribution in [2.45, 2.75) is 0 Å². The molecule has 8 heteroatoms. The van der Waals surface area contributed by atoms with Crippen LogP contribution in [-0.2, 0) is 10.4 Å². The van der Waals surface area contributed by atoms with E-state index in [1.807, 2.05) is 0 Å². The summed E-state index contributed by atoms with van der Waals surface area (Å²) in [6.07, 6.45) is 0. The van der Waals surface area contributed by atoms with Gasteiger partial charge in [0.1, 0.15) is 0 Å². The fourth-order valence-electron chi connectivity index (χ4n) is 0. The summed E-state index contributed by atoms with van der Waals surface area (Å²) in [7, 11) is -4.67. The minimum Gasteiger partial charge on any atom is -0.412 e. The van der Waals surface area contributed by atoms with Crippen LogP contribution in [0.15, 0.2) is 0 Å². The van der Waals surface area contributed by atoms with E-state index >= 15 is 0 Å². The molecule has 54 valence electrons. The lowest BCUT2D eigenvalue weighted by molar-refractivity contribution is 0.381. The van der Waals surface area contributed by atoms with Crippen molar-refractivity contribution in [1.29, 1.82) is 0 Å². The molecule has 0 aromatic heterocycles. The molecule has 0 aliphatic rings. The fraction of sp³-hybridized carbons (Fsp3) is 0. The molecule has 0 rings (SSSR count). The maximum absolute atomic E-state index is 8.74. The van der Waals surface area contributed by atoms with Crippen LogP contribution in [0.5, 0.6) is 0 Å². The Hall–Kier alpha value is 0.712. The van der Waals surface area contributed by atoms with Crippen molar-refractivity contribution in [3.63, 3.8) is 0 Å². The quantitative estimate of drug-likeness (QED) is 0.316. The van der Waals surface area contributed by atoms with Gasteiger partial charge in [-0.3, -0.25) is 9.11 Å². The van der Waals surface area contributed by atoms with Crippen LogP contribution in [0.3, 0.4) is 0 Å². The highest BCUT2D eigenvalue weighted by atomic mass is 32.3. The molecule has 0 unspecified atom stereocenters. The molecular weight excluding hydrogens is 171 g/mol. The molecule has 0 saturated heterocycles. The maximum Gasteiger partial charge on any atom is 0.394 e. The highest BCUT2D eigenvalue weighted by Gasteiger charge is 1.84. The molecule has 0 radical (unpaired) electrons. The first-order valence-electron chi connectivity index (χ1n) is 0.698. The van der Waals surface area contributed by atoms with Gasteiger partial charge in [0.05, 0.1) is 0 Å². The van der Waals surface area contributed by atoms with Crippen LogP contribution in [0.4, 0.5) is 0 Å². The summed E-state index contributed by atoms with van der Waals surface area (Å²) in [6, 6.07) is 0. The fourth-order valence-corrected chi connectivity index (χ4v) is 0. The van der Waals surface area contributed by atoms with Gasteiger partial charge in [-0.05, 0) is 0 Å². The third-order valence-electron chi connectivity index (χ3n) is 0. The summed E-state index contributed by atoms with van der Waals surface area (Å²) in [5.74, 6) is 0. The highest BCUT2D eigenvalue weighted by Crippen LogP contribution is 1.59. The van der Waals surface area contributed by atoms with Gasteiger partial charge in [0, 0.05) is 0 Å². The van der Waals surface area contributed by atoms with Crippen molar-refractivity contribution in [3.05, 3.63) is 0 Å². The Kier molecular flexibility index (Phi) is 22.5. The van der Waals surface area contributed by atoms with Gasteiger partial charge in [-0.1, -0.05) is 0 Å². The van der Waals surface area contributed by atoms with Crippen LogP contribution in [0, 0.1) is 0 Å². The molecule has 0 bridgehead atoms. The zero-order valence-corrected chi connectivity index (χ0v) is 4.94. The van der Waals surface area contributed by atoms with Gasteiger partial charge in [-0.25, -0.2) is 0 Å². The molecule has 0 amide bonds. The van der Waals surface area contributed by atoms with E-state index in [0.717, 1.165) is 0 Å². The van der Waals surface area contributed by atoms with Crippen LogP contribution in [-0.4, -0.2) is 40.4 Å². The molecule has 4 N–H and O–H groups in total. The molecule has 8 heavy (non-hydrogen) atoms. The van der Waals surface area contributed by atoms with Crippen molar-refractivity contribution in [2.24, 2.45) is 0 Å². The van der Waals surface area contributed by atoms with Crippen molar-refractivity contribution >= 4 is 41.3 Å². The standard InChI is InChI=1S/Al.H2O4S.H2O.H2S.3H/c;1-5(2,3)4;;;;;/h;(H2,1,2,3,4);2*1H2;;;. The first-order chi connectivity index (χ1) is 2.00. The third kappa shape index (κ3) is 432. The van der Waals surface area contributed by atoms with E-state index in [-0.39, 0.29) is 36.3 Å². The third-order valence-corrected chi connectivity index (χ3v) is 0. The Bertz CT molecular complexity index is 93.6. The van der Waals surface area contributed by atoms with Crippen LogP contribution in [0.25, 0.3) is 0 Å². The summed E-state index contributed by atoms with van der Waals surface area (Å²) in [6.45, 7) is 0. The van der Waals surface area contributed by atoms with Crippen LogP contribution < -0.4 is 0 Å². The topological polar surface area (TPSA) is 106 Å². The van der Waals surface area contributed by atoms with Crippen LogP contribution >= 0.6 is 13.5 Å². The van der Waals surface area contributed by atoms with Crippen LogP contribution in [0.1, 0.15) is 0 Å². The van der Waals surface area contributed by atoms with Gasteiger partial charge in [-0.15, -0.1) is 0 Å². The summed E-state index contributed by atoms with van der Waals surface area (Å²) >= 11 is 0. The number of rotatable bonds is 0. The van der Waals surface area contributed by atoms with Crippen molar-refractivity contribution < 1.29 is 23.0 Å². The normalized spacial score (nSPS) is 7.25. The Morgan fingerprint density at radius 1 is 1.12 bits per heavy atom. The van der Waals surface area contributed by atoms with E-state index in [4.69, 9.17) is 17.5 Å². The number of hydrogen-bond donors (Lipinski definition) is 2. The Balaban J connectivity index is -0.0000000267. The van der Waals surface area contributed by atoms with Crippen molar-refractivity contribution in [1.82, 2.24) is 0 Å². The van der Waals surface area contributed by atoms with E-state index in [2.05, 4.69) is 0 Å². The average Bonchev–Trinajstić information content (AvgIpc) is 0.722.